The van der Waals surface area contributed by atoms with Crippen molar-refractivity contribution in [3.8, 4) is 0 Å². The molecule has 7 heteroatoms. The van der Waals surface area contributed by atoms with Crippen molar-refractivity contribution in [3.63, 3.8) is 0 Å². The molecule has 0 saturated carbocycles. The lowest BCUT2D eigenvalue weighted by molar-refractivity contribution is -0.121. The number of nitrogens with one attached hydrogen (secondary N) is 1. The number of pyridine rings is 1. The maximum Gasteiger partial charge on any atom is 0.226 e. The number of aliphatic hydroxyl groups excluding tert-OH is 1. The highest BCUT2D eigenvalue weighted by Crippen LogP contribution is 2.21. The SMILES string of the molecule is CC(NC(=O)Cc1cn2cc(Cl)cc(Cl)c2n1)C(O)Cc1ccccc1. The van der Waals surface area contributed by atoms with Crippen LogP contribution < -0.4 is 5.32 Å². The quantitative estimate of drug-likeness (QED) is 0.677. The van der Waals surface area contributed by atoms with Gasteiger partial charge in [-0.1, -0.05) is 53.5 Å². The lowest BCUT2D eigenvalue weighted by Gasteiger charge is -2.20. The molecule has 0 aliphatic heterocycles. The van der Waals surface area contributed by atoms with Gasteiger partial charge in [0.25, 0.3) is 0 Å². The number of halogens is 2. The normalized spacial score (nSPS) is 13.5. The summed E-state index contributed by atoms with van der Waals surface area (Å²) in [5.41, 5.74) is 2.15. The number of fused-ring (bicyclic) bond motifs is 1. The second-order valence-corrected chi connectivity index (χ2v) is 7.10. The fourth-order valence-electron chi connectivity index (χ4n) is 2.76. The van der Waals surface area contributed by atoms with Gasteiger partial charge in [0.15, 0.2) is 5.65 Å². The average molecular weight is 392 g/mol. The molecule has 2 heterocycles. The first-order valence-corrected chi connectivity index (χ1v) is 9.02. The van der Waals surface area contributed by atoms with E-state index in [9.17, 15) is 9.90 Å². The topological polar surface area (TPSA) is 66.6 Å². The summed E-state index contributed by atoms with van der Waals surface area (Å²) < 4.78 is 1.70. The lowest BCUT2D eigenvalue weighted by Crippen LogP contribution is -2.42. The Morgan fingerprint density at radius 1 is 1.27 bits per heavy atom. The second kappa shape index (κ2) is 8.08. The maximum absolute atomic E-state index is 12.3. The number of carbonyl (C=O) groups is 1. The van der Waals surface area contributed by atoms with Gasteiger partial charge in [0.1, 0.15) is 0 Å². The van der Waals surface area contributed by atoms with Gasteiger partial charge in [-0.3, -0.25) is 4.79 Å². The summed E-state index contributed by atoms with van der Waals surface area (Å²) in [6.07, 6.45) is 3.31. The third-order valence-corrected chi connectivity index (χ3v) is 4.60. The fourth-order valence-corrected chi connectivity index (χ4v) is 3.29. The van der Waals surface area contributed by atoms with Crippen molar-refractivity contribution in [2.45, 2.75) is 31.9 Å². The molecule has 0 radical (unpaired) electrons. The molecule has 2 N–H and O–H groups in total. The lowest BCUT2D eigenvalue weighted by atomic mass is 10.0. The van der Waals surface area contributed by atoms with Crippen molar-refractivity contribution in [1.82, 2.24) is 14.7 Å². The number of benzene rings is 1. The summed E-state index contributed by atoms with van der Waals surface area (Å²) in [5, 5.41) is 14.0. The Hall–Kier alpha value is -2.08. The van der Waals surface area contributed by atoms with Crippen LogP contribution in [0.1, 0.15) is 18.2 Å². The fraction of sp³-hybridized carbons (Fsp3) is 0.263. The van der Waals surface area contributed by atoms with E-state index in [1.54, 1.807) is 29.8 Å². The molecule has 5 nitrogen and oxygen atoms in total. The summed E-state index contributed by atoms with van der Waals surface area (Å²) in [7, 11) is 0. The molecule has 0 bridgehead atoms. The van der Waals surface area contributed by atoms with Crippen LogP contribution in [0.2, 0.25) is 10.0 Å². The minimum Gasteiger partial charge on any atom is -0.391 e. The van der Waals surface area contributed by atoms with Gasteiger partial charge in [0.2, 0.25) is 5.91 Å². The predicted molar refractivity (Wildman–Crippen MR) is 103 cm³/mol. The predicted octanol–water partition coefficient (Wildman–Crippen LogP) is 3.29. The molecule has 136 valence electrons. The van der Waals surface area contributed by atoms with Crippen molar-refractivity contribution in [3.05, 3.63) is 70.1 Å². The number of nitrogens with zero attached hydrogens (tertiary/aromatic N) is 2. The van der Waals surface area contributed by atoms with Crippen LogP contribution in [0.15, 0.2) is 48.8 Å². The molecule has 3 rings (SSSR count). The molecule has 2 unspecified atom stereocenters. The van der Waals surface area contributed by atoms with E-state index >= 15 is 0 Å². The summed E-state index contributed by atoms with van der Waals surface area (Å²) in [5.74, 6) is -0.213. The van der Waals surface area contributed by atoms with Crippen molar-refractivity contribution in [2.75, 3.05) is 0 Å². The molecule has 0 saturated heterocycles. The molecule has 26 heavy (non-hydrogen) atoms. The van der Waals surface area contributed by atoms with Gasteiger partial charge in [-0.25, -0.2) is 4.98 Å². The molecule has 0 aliphatic rings. The van der Waals surface area contributed by atoms with E-state index in [1.165, 1.54) is 0 Å². The van der Waals surface area contributed by atoms with Gasteiger partial charge in [-0.15, -0.1) is 0 Å². The van der Waals surface area contributed by atoms with Crippen molar-refractivity contribution in [2.24, 2.45) is 0 Å². The highest BCUT2D eigenvalue weighted by Gasteiger charge is 2.18. The Kier molecular flexibility index (Phi) is 5.81. The zero-order valence-electron chi connectivity index (χ0n) is 14.2. The van der Waals surface area contributed by atoms with Gasteiger partial charge < -0.3 is 14.8 Å². The highest BCUT2D eigenvalue weighted by atomic mass is 35.5. The first kappa shape index (κ1) is 18.7. The molecule has 2 aromatic heterocycles. The van der Waals surface area contributed by atoms with Crippen LogP contribution in [0.5, 0.6) is 0 Å². The third kappa shape index (κ3) is 4.55. The highest BCUT2D eigenvalue weighted by molar-refractivity contribution is 6.36. The van der Waals surface area contributed by atoms with Gasteiger partial charge >= 0.3 is 0 Å². The standard InChI is InChI=1S/C19H19Cl2N3O2/c1-12(17(25)7-13-5-3-2-4-6-13)22-18(26)9-15-11-24-10-14(20)8-16(21)19(24)23-15/h2-6,8,10-12,17,25H,7,9H2,1H3,(H,22,26). The van der Waals surface area contributed by atoms with Gasteiger partial charge in [0.05, 0.1) is 34.3 Å². The molecule has 1 aromatic carbocycles. The van der Waals surface area contributed by atoms with Crippen molar-refractivity contribution in [1.29, 1.82) is 0 Å². The minimum atomic E-state index is -0.671. The monoisotopic (exact) mass is 391 g/mol. The van der Waals surface area contributed by atoms with Crippen molar-refractivity contribution >= 4 is 34.8 Å². The third-order valence-electron chi connectivity index (χ3n) is 4.12. The van der Waals surface area contributed by atoms with E-state index in [4.69, 9.17) is 23.2 Å². The minimum absolute atomic E-state index is 0.0953. The van der Waals surface area contributed by atoms with Gasteiger partial charge in [-0.05, 0) is 18.6 Å². The number of imidazole rings is 1. The molecule has 3 aromatic rings. The van der Waals surface area contributed by atoms with Crippen LogP contribution in [0.25, 0.3) is 5.65 Å². The van der Waals surface area contributed by atoms with Crippen LogP contribution in [-0.4, -0.2) is 32.5 Å². The first-order valence-electron chi connectivity index (χ1n) is 8.26. The van der Waals surface area contributed by atoms with Gasteiger partial charge in [0, 0.05) is 18.8 Å². The smallest absolute Gasteiger partial charge is 0.226 e. The first-order chi connectivity index (χ1) is 12.4. The summed E-state index contributed by atoms with van der Waals surface area (Å²) in [6, 6.07) is 10.9. The Morgan fingerprint density at radius 3 is 2.73 bits per heavy atom. The summed E-state index contributed by atoms with van der Waals surface area (Å²) in [4.78, 5) is 16.6. The van der Waals surface area contributed by atoms with Crippen LogP contribution in [0.4, 0.5) is 0 Å². The van der Waals surface area contributed by atoms with Crippen LogP contribution >= 0.6 is 23.2 Å². The Morgan fingerprint density at radius 2 is 2.00 bits per heavy atom. The summed E-state index contributed by atoms with van der Waals surface area (Å²) >= 11 is 12.1. The van der Waals surface area contributed by atoms with Crippen LogP contribution in [0, 0.1) is 0 Å². The summed E-state index contributed by atoms with van der Waals surface area (Å²) in [6.45, 7) is 1.78. The van der Waals surface area contributed by atoms with Crippen molar-refractivity contribution < 1.29 is 9.90 Å². The molecule has 0 fully saturated rings. The molecule has 0 spiro atoms. The number of rotatable bonds is 6. The number of aliphatic hydroxyl groups is 1. The second-order valence-electron chi connectivity index (χ2n) is 6.26. The largest absolute Gasteiger partial charge is 0.391 e. The zero-order valence-corrected chi connectivity index (χ0v) is 15.7. The maximum atomic E-state index is 12.3. The molecule has 1 amide bonds. The van der Waals surface area contributed by atoms with E-state index in [0.717, 1.165) is 5.56 Å². The Labute approximate surface area is 161 Å². The number of carbonyl (C=O) groups excluding carboxylic acids is 1. The zero-order chi connectivity index (χ0) is 18.7. The van der Waals surface area contributed by atoms with E-state index in [1.807, 2.05) is 30.3 Å². The van der Waals surface area contributed by atoms with Crippen LogP contribution in [-0.2, 0) is 17.6 Å². The Bertz CT molecular complexity index is 912. The van der Waals surface area contributed by atoms with Crippen LogP contribution in [0.3, 0.4) is 0 Å². The Balaban J connectivity index is 1.60. The van der Waals surface area contributed by atoms with E-state index in [-0.39, 0.29) is 18.4 Å². The number of hydrogen-bond acceptors (Lipinski definition) is 3. The van der Waals surface area contributed by atoms with E-state index in [0.29, 0.717) is 27.8 Å². The molecular weight excluding hydrogens is 373 g/mol. The molecular formula is C19H19Cl2N3O2. The molecule has 2 atom stereocenters. The van der Waals surface area contributed by atoms with E-state index in [2.05, 4.69) is 10.3 Å². The molecule has 0 aliphatic carbocycles. The number of amides is 1. The van der Waals surface area contributed by atoms with E-state index < -0.39 is 6.10 Å². The van der Waals surface area contributed by atoms with Gasteiger partial charge in [-0.2, -0.15) is 0 Å². The number of aromatic nitrogens is 2. The number of hydrogen-bond donors (Lipinski definition) is 2. The average Bonchev–Trinajstić information content (AvgIpc) is 2.98.